The first-order valence-corrected chi connectivity index (χ1v) is 10.7. The van der Waals surface area contributed by atoms with Crippen LogP contribution in [0.25, 0.3) is 0 Å². The number of amides is 3. The number of hydrogen-bond donors (Lipinski definition) is 2. The topological polar surface area (TPSA) is 114 Å². The van der Waals surface area contributed by atoms with E-state index in [1.807, 2.05) is 0 Å². The van der Waals surface area contributed by atoms with Gasteiger partial charge in [0.1, 0.15) is 5.75 Å². The van der Waals surface area contributed by atoms with Crippen molar-refractivity contribution in [1.29, 1.82) is 0 Å². The van der Waals surface area contributed by atoms with Crippen LogP contribution in [0.2, 0.25) is 0 Å². The number of piperidine rings is 1. The van der Waals surface area contributed by atoms with Gasteiger partial charge >= 0.3 is 0 Å². The van der Waals surface area contributed by atoms with Crippen LogP contribution in [0.15, 0.2) is 24.3 Å². The van der Waals surface area contributed by atoms with E-state index in [-0.39, 0.29) is 27.7 Å². The van der Waals surface area contributed by atoms with Crippen molar-refractivity contribution in [3.63, 3.8) is 0 Å². The van der Waals surface area contributed by atoms with Gasteiger partial charge in [-0.15, -0.1) is 10.2 Å². The second-order valence-corrected chi connectivity index (χ2v) is 8.45. The Hall–Kier alpha value is -3.01. The van der Waals surface area contributed by atoms with Crippen LogP contribution < -0.4 is 15.4 Å². The van der Waals surface area contributed by atoms with Crippen LogP contribution in [0.1, 0.15) is 45.3 Å². The molecule has 3 amide bonds. The fourth-order valence-corrected chi connectivity index (χ4v) is 4.02. The molecular weight excluding hydrogens is 406 g/mol. The summed E-state index contributed by atoms with van der Waals surface area (Å²) in [5.41, 5.74) is 0.587. The lowest BCUT2D eigenvalue weighted by molar-refractivity contribution is -0.126. The second-order valence-electron chi connectivity index (χ2n) is 7.47. The lowest BCUT2D eigenvalue weighted by Crippen LogP contribution is -2.45. The van der Waals surface area contributed by atoms with Gasteiger partial charge in [-0.1, -0.05) is 11.3 Å². The van der Waals surface area contributed by atoms with E-state index in [1.54, 1.807) is 36.3 Å². The molecule has 30 heavy (non-hydrogen) atoms. The van der Waals surface area contributed by atoms with Gasteiger partial charge in [0.25, 0.3) is 11.8 Å². The zero-order chi connectivity index (χ0) is 21.1. The largest absolute Gasteiger partial charge is 0.497 e. The maximum Gasteiger partial charge on any atom is 0.286 e. The minimum atomic E-state index is -0.433. The van der Waals surface area contributed by atoms with Crippen molar-refractivity contribution >= 4 is 34.7 Å². The summed E-state index contributed by atoms with van der Waals surface area (Å²) in [4.78, 5) is 39.2. The summed E-state index contributed by atoms with van der Waals surface area (Å²) in [5.74, 6) is -0.222. The van der Waals surface area contributed by atoms with Crippen LogP contribution in [0.3, 0.4) is 0 Å². The van der Waals surface area contributed by atoms with Crippen LogP contribution in [0.4, 0.5) is 5.69 Å². The first-order chi connectivity index (χ1) is 14.5. The van der Waals surface area contributed by atoms with Gasteiger partial charge in [-0.3, -0.25) is 14.4 Å². The molecule has 2 aromatic rings. The molecule has 2 aliphatic rings. The molecule has 0 spiro atoms. The summed E-state index contributed by atoms with van der Waals surface area (Å²) in [7, 11) is 1.57. The number of nitrogens with zero attached hydrogens (tertiary/aromatic N) is 3. The highest BCUT2D eigenvalue weighted by Gasteiger charge is 2.33. The van der Waals surface area contributed by atoms with Gasteiger partial charge in [0, 0.05) is 24.8 Å². The van der Waals surface area contributed by atoms with Crippen LogP contribution in [0, 0.1) is 5.92 Å². The number of aromatic nitrogens is 2. The molecule has 1 atom stereocenters. The number of ether oxygens (including phenoxy) is 1. The minimum absolute atomic E-state index is 0.0202. The highest BCUT2D eigenvalue weighted by Crippen LogP contribution is 2.24. The molecule has 2 N–H and O–H groups in total. The number of rotatable bonds is 6. The van der Waals surface area contributed by atoms with Crippen molar-refractivity contribution in [3.05, 3.63) is 34.3 Å². The van der Waals surface area contributed by atoms with Crippen LogP contribution >= 0.6 is 11.3 Å². The van der Waals surface area contributed by atoms with E-state index in [0.29, 0.717) is 30.6 Å². The quantitative estimate of drug-likeness (QED) is 0.725. The van der Waals surface area contributed by atoms with Gasteiger partial charge in [-0.25, -0.2) is 0 Å². The van der Waals surface area contributed by atoms with Crippen LogP contribution in [0.5, 0.6) is 5.75 Å². The van der Waals surface area contributed by atoms with E-state index in [1.165, 1.54) is 0 Å². The van der Waals surface area contributed by atoms with Gasteiger partial charge in [-0.05, 0) is 49.9 Å². The third kappa shape index (κ3) is 4.76. The zero-order valence-electron chi connectivity index (χ0n) is 16.6. The molecule has 1 saturated heterocycles. The molecule has 1 aliphatic carbocycles. The van der Waals surface area contributed by atoms with Gasteiger partial charge in [-0.2, -0.15) is 0 Å². The number of hydrogen-bond acceptors (Lipinski definition) is 7. The van der Waals surface area contributed by atoms with E-state index in [2.05, 4.69) is 20.8 Å². The fraction of sp³-hybridized carbons (Fsp3) is 0.450. The van der Waals surface area contributed by atoms with E-state index in [9.17, 15) is 14.4 Å². The Morgan fingerprint density at radius 3 is 2.53 bits per heavy atom. The summed E-state index contributed by atoms with van der Waals surface area (Å²) in [5, 5.41) is 13.8. The molecule has 1 aromatic carbocycles. The Balaban J connectivity index is 1.36. The minimum Gasteiger partial charge on any atom is -0.497 e. The van der Waals surface area contributed by atoms with Crippen molar-refractivity contribution in [2.24, 2.45) is 5.92 Å². The Kier molecular flexibility index (Phi) is 5.93. The van der Waals surface area contributed by atoms with E-state index < -0.39 is 5.91 Å². The number of carbonyl (C=O) groups is 3. The summed E-state index contributed by atoms with van der Waals surface area (Å²) >= 11 is 0.949. The van der Waals surface area contributed by atoms with Gasteiger partial charge in [0.2, 0.25) is 15.9 Å². The molecule has 2 fully saturated rings. The molecule has 0 unspecified atom stereocenters. The summed E-state index contributed by atoms with van der Waals surface area (Å²) in [6.45, 7) is 0.934. The summed E-state index contributed by atoms with van der Waals surface area (Å²) < 4.78 is 5.09. The van der Waals surface area contributed by atoms with Gasteiger partial charge < -0.3 is 20.3 Å². The van der Waals surface area contributed by atoms with Crippen LogP contribution in [-0.4, -0.2) is 59.1 Å². The second kappa shape index (κ2) is 8.78. The molecule has 4 rings (SSSR count). The molecule has 9 nitrogen and oxygen atoms in total. The molecule has 158 valence electrons. The van der Waals surface area contributed by atoms with Crippen molar-refractivity contribution in [2.75, 3.05) is 25.5 Å². The lowest BCUT2D eigenvalue weighted by atomic mass is 9.97. The van der Waals surface area contributed by atoms with E-state index in [4.69, 9.17) is 4.74 Å². The average Bonchev–Trinajstić information content (AvgIpc) is 3.45. The Morgan fingerprint density at radius 1 is 1.10 bits per heavy atom. The zero-order valence-corrected chi connectivity index (χ0v) is 17.4. The number of carbonyl (C=O) groups excluding carboxylic acids is 3. The number of nitrogens with one attached hydrogen (secondary N) is 2. The van der Waals surface area contributed by atoms with Crippen molar-refractivity contribution < 1.29 is 19.1 Å². The lowest BCUT2D eigenvalue weighted by Gasteiger charge is -2.31. The summed E-state index contributed by atoms with van der Waals surface area (Å²) in [6.07, 6.45) is 3.60. The predicted molar refractivity (Wildman–Crippen MR) is 111 cm³/mol. The highest BCUT2D eigenvalue weighted by molar-refractivity contribution is 7.15. The third-order valence-corrected chi connectivity index (χ3v) is 6.06. The van der Waals surface area contributed by atoms with Gasteiger partial charge in [0.15, 0.2) is 0 Å². The van der Waals surface area contributed by atoms with Crippen molar-refractivity contribution in [3.8, 4) is 5.75 Å². The SMILES string of the molecule is COc1ccc(NC(=O)c2nnc(C(=O)N3CCC[C@H](C(=O)NC4CC4)C3)s2)cc1. The van der Waals surface area contributed by atoms with Crippen molar-refractivity contribution in [1.82, 2.24) is 20.4 Å². The maximum absolute atomic E-state index is 12.8. The van der Waals surface area contributed by atoms with E-state index >= 15 is 0 Å². The number of benzene rings is 1. The Bertz CT molecular complexity index is 941. The first kappa shape index (κ1) is 20.3. The third-order valence-electron chi connectivity index (χ3n) is 5.15. The molecule has 1 aromatic heterocycles. The smallest absolute Gasteiger partial charge is 0.286 e. The summed E-state index contributed by atoms with van der Waals surface area (Å²) in [6, 6.07) is 7.20. The molecule has 10 heteroatoms. The van der Waals surface area contributed by atoms with E-state index in [0.717, 1.165) is 37.0 Å². The molecular formula is C20H23N5O4S. The van der Waals surface area contributed by atoms with Crippen LogP contribution in [-0.2, 0) is 4.79 Å². The van der Waals surface area contributed by atoms with Gasteiger partial charge in [0.05, 0.1) is 13.0 Å². The predicted octanol–water partition coefficient (Wildman–Crippen LogP) is 1.93. The Labute approximate surface area is 177 Å². The Morgan fingerprint density at radius 2 is 1.83 bits per heavy atom. The number of likely N-dealkylation sites (tertiary alicyclic amines) is 1. The standard InChI is InChI=1S/C20H23N5O4S/c1-29-15-8-6-14(7-9-15)22-17(27)18-23-24-19(30-18)20(28)25-10-2-3-12(11-25)16(26)21-13-4-5-13/h6-9,12-13H,2-5,10-11H2,1H3,(H,21,26)(H,22,27)/t12-/m0/s1. The first-order valence-electron chi connectivity index (χ1n) is 9.92. The molecule has 1 saturated carbocycles. The highest BCUT2D eigenvalue weighted by atomic mass is 32.1. The average molecular weight is 430 g/mol. The maximum atomic E-state index is 12.8. The number of anilines is 1. The monoisotopic (exact) mass is 429 g/mol. The fourth-order valence-electron chi connectivity index (χ4n) is 3.32. The molecule has 2 heterocycles. The van der Waals surface area contributed by atoms with Crippen molar-refractivity contribution in [2.45, 2.75) is 31.7 Å². The number of methoxy groups -OCH3 is 1. The molecule has 1 aliphatic heterocycles. The normalized spacial score (nSPS) is 18.6. The molecule has 0 radical (unpaired) electrons. The molecule has 0 bridgehead atoms.